The van der Waals surface area contributed by atoms with Gasteiger partial charge in [-0.2, -0.15) is 0 Å². The van der Waals surface area contributed by atoms with Crippen molar-refractivity contribution in [3.63, 3.8) is 0 Å². The third-order valence-electron chi connectivity index (χ3n) is 3.49. The van der Waals surface area contributed by atoms with E-state index >= 15 is 0 Å². The van der Waals surface area contributed by atoms with Crippen molar-refractivity contribution in [1.29, 1.82) is 0 Å². The summed E-state index contributed by atoms with van der Waals surface area (Å²) in [7, 11) is 0. The number of benzene rings is 1. The lowest BCUT2D eigenvalue weighted by molar-refractivity contribution is 0.315. The Morgan fingerprint density at radius 3 is 2.85 bits per heavy atom. The van der Waals surface area contributed by atoms with Crippen molar-refractivity contribution in [2.75, 3.05) is 6.61 Å². The maximum Gasteiger partial charge on any atom is 0.145 e. The van der Waals surface area contributed by atoms with E-state index in [2.05, 4.69) is 17.2 Å². The Kier molecular flexibility index (Phi) is 3.69. The lowest BCUT2D eigenvalue weighted by atomic mass is 10.2. The van der Waals surface area contributed by atoms with Gasteiger partial charge in [0.25, 0.3) is 0 Å². The van der Waals surface area contributed by atoms with Crippen LogP contribution in [0.15, 0.2) is 24.3 Å². The smallest absolute Gasteiger partial charge is 0.145 e. The van der Waals surface area contributed by atoms with E-state index in [1.165, 1.54) is 12.8 Å². The van der Waals surface area contributed by atoms with E-state index in [9.17, 15) is 0 Å². The molecule has 5 heteroatoms. The first-order valence-corrected chi connectivity index (χ1v) is 7.22. The maximum absolute atomic E-state index is 5.82. The van der Waals surface area contributed by atoms with E-state index in [-0.39, 0.29) is 0 Å². The molecule has 0 radical (unpaired) electrons. The molecule has 1 heterocycles. The van der Waals surface area contributed by atoms with E-state index in [1.807, 2.05) is 28.9 Å². The zero-order chi connectivity index (χ0) is 13.9. The molecule has 0 spiro atoms. The molecule has 2 N–H and O–H groups in total. The van der Waals surface area contributed by atoms with Crippen LogP contribution in [0.2, 0.25) is 0 Å². The summed E-state index contributed by atoms with van der Waals surface area (Å²) < 4.78 is 7.73. The van der Waals surface area contributed by atoms with Crippen molar-refractivity contribution in [1.82, 2.24) is 15.0 Å². The minimum absolute atomic E-state index is 0.434. The summed E-state index contributed by atoms with van der Waals surface area (Å²) in [6.07, 6.45) is 3.37. The second-order valence-corrected chi connectivity index (χ2v) is 5.13. The molecule has 1 aliphatic rings. The fraction of sp³-hybridized carbons (Fsp3) is 0.467. The van der Waals surface area contributed by atoms with Crippen molar-refractivity contribution >= 4 is 0 Å². The highest BCUT2D eigenvalue weighted by molar-refractivity contribution is 5.48. The molecular formula is C15H20N4O. The first-order chi connectivity index (χ1) is 9.85. The van der Waals surface area contributed by atoms with Gasteiger partial charge in [-0.25, -0.2) is 4.68 Å². The molecule has 1 aromatic carbocycles. The van der Waals surface area contributed by atoms with Gasteiger partial charge < -0.3 is 10.5 Å². The quantitative estimate of drug-likeness (QED) is 0.877. The molecule has 0 atom stereocenters. The Bertz CT molecular complexity index is 589. The molecule has 1 aromatic heterocycles. The van der Waals surface area contributed by atoms with Crippen LogP contribution in [0.25, 0.3) is 5.69 Å². The highest BCUT2D eigenvalue weighted by Gasteiger charge is 2.31. The minimum Gasteiger partial charge on any atom is -0.491 e. The van der Waals surface area contributed by atoms with E-state index < -0.39 is 0 Å². The number of rotatable bonds is 6. The van der Waals surface area contributed by atoms with E-state index in [0.29, 0.717) is 19.1 Å². The molecule has 0 bridgehead atoms. The van der Waals surface area contributed by atoms with Gasteiger partial charge in [0.05, 0.1) is 12.3 Å². The summed E-state index contributed by atoms with van der Waals surface area (Å²) in [5.41, 5.74) is 8.79. The van der Waals surface area contributed by atoms with Crippen LogP contribution < -0.4 is 10.5 Å². The second kappa shape index (κ2) is 5.63. The fourth-order valence-corrected chi connectivity index (χ4v) is 2.38. The van der Waals surface area contributed by atoms with Crippen LogP contribution in [0.3, 0.4) is 0 Å². The van der Waals surface area contributed by atoms with E-state index in [1.54, 1.807) is 0 Å². The summed E-state index contributed by atoms with van der Waals surface area (Å²) in [4.78, 5) is 0. The first kappa shape index (κ1) is 13.1. The average molecular weight is 272 g/mol. The van der Waals surface area contributed by atoms with Crippen molar-refractivity contribution in [3.8, 4) is 11.4 Å². The van der Waals surface area contributed by atoms with Gasteiger partial charge in [0, 0.05) is 12.5 Å². The molecule has 0 aliphatic heterocycles. The first-order valence-electron chi connectivity index (χ1n) is 7.22. The summed E-state index contributed by atoms with van der Waals surface area (Å²) in [6, 6.07) is 7.97. The maximum atomic E-state index is 5.82. The Labute approximate surface area is 118 Å². The van der Waals surface area contributed by atoms with Crippen LogP contribution >= 0.6 is 0 Å². The van der Waals surface area contributed by atoms with Crippen LogP contribution in [-0.2, 0) is 6.54 Å². The molecule has 0 saturated heterocycles. The largest absolute Gasteiger partial charge is 0.491 e. The average Bonchev–Trinajstić information content (AvgIpc) is 3.24. The molecule has 0 amide bonds. The molecule has 1 fully saturated rings. The van der Waals surface area contributed by atoms with Crippen molar-refractivity contribution in [2.45, 2.75) is 38.6 Å². The van der Waals surface area contributed by atoms with E-state index in [0.717, 1.165) is 29.2 Å². The lowest BCUT2D eigenvalue weighted by Crippen LogP contribution is -2.07. The van der Waals surface area contributed by atoms with Gasteiger partial charge in [0.2, 0.25) is 0 Å². The number of para-hydroxylation sites is 2. The number of hydrogen-bond donors (Lipinski definition) is 1. The molecule has 5 nitrogen and oxygen atoms in total. The predicted octanol–water partition coefficient (Wildman–Crippen LogP) is 2.39. The topological polar surface area (TPSA) is 66.0 Å². The highest BCUT2D eigenvalue weighted by Crippen LogP contribution is 2.42. The zero-order valence-electron chi connectivity index (χ0n) is 11.7. The Hall–Kier alpha value is -1.88. The Morgan fingerprint density at radius 1 is 1.35 bits per heavy atom. The van der Waals surface area contributed by atoms with Gasteiger partial charge in [-0.15, -0.1) is 5.10 Å². The zero-order valence-corrected chi connectivity index (χ0v) is 11.7. The summed E-state index contributed by atoms with van der Waals surface area (Å²) in [5.74, 6) is 1.40. The fourth-order valence-electron chi connectivity index (χ4n) is 2.38. The summed E-state index contributed by atoms with van der Waals surface area (Å²) in [6.45, 7) is 3.23. The summed E-state index contributed by atoms with van der Waals surface area (Å²) >= 11 is 0. The molecular weight excluding hydrogens is 252 g/mol. The number of ether oxygens (including phenoxy) is 1. The monoisotopic (exact) mass is 272 g/mol. The predicted molar refractivity (Wildman–Crippen MR) is 77.0 cm³/mol. The van der Waals surface area contributed by atoms with Crippen LogP contribution in [0.4, 0.5) is 0 Å². The number of nitrogens with zero attached hydrogens (tertiary/aromatic N) is 3. The van der Waals surface area contributed by atoms with Gasteiger partial charge in [-0.3, -0.25) is 0 Å². The molecule has 1 saturated carbocycles. The minimum atomic E-state index is 0.434. The molecule has 0 unspecified atom stereocenters. The molecule has 1 aliphatic carbocycles. The van der Waals surface area contributed by atoms with Crippen LogP contribution in [0, 0.1) is 0 Å². The van der Waals surface area contributed by atoms with Gasteiger partial charge in [-0.05, 0) is 31.4 Å². The van der Waals surface area contributed by atoms with Crippen molar-refractivity contribution in [3.05, 3.63) is 35.7 Å². The van der Waals surface area contributed by atoms with Gasteiger partial charge in [0.15, 0.2) is 0 Å². The van der Waals surface area contributed by atoms with Gasteiger partial charge in [0.1, 0.15) is 17.1 Å². The lowest BCUT2D eigenvalue weighted by Gasteiger charge is -2.12. The van der Waals surface area contributed by atoms with Crippen LogP contribution in [-0.4, -0.2) is 21.6 Å². The molecule has 3 rings (SSSR count). The Balaban J connectivity index is 2.02. The second-order valence-electron chi connectivity index (χ2n) is 5.13. The molecule has 20 heavy (non-hydrogen) atoms. The highest BCUT2D eigenvalue weighted by atomic mass is 16.5. The Morgan fingerprint density at radius 2 is 2.15 bits per heavy atom. The van der Waals surface area contributed by atoms with Crippen LogP contribution in [0.1, 0.15) is 43.5 Å². The normalized spacial score (nSPS) is 14.5. The van der Waals surface area contributed by atoms with Gasteiger partial charge in [-0.1, -0.05) is 24.3 Å². The third-order valence-corrected chi connectivity index (χ3v) is 3.49. The summed E-state index contributed by atoms with van der Waals surface area (Å²) in [5, 5.41) is 8.52. The number of nitrogens with two attached hydrogens (primary N) is 1. The third kappa shape index (κ3) is 2.41. The standard InChI is InChI=1S/C15H20N4O/c1-2-9-20-14-6-4-3-5-13(14)19-15(11-7-8-11)12(10-16)17-18-19/h3-6,11H,2,7-10,16H2,1H3. The molecule has 106 valence electrons. The number of aromatic nitrogens is 3. The van der Waals surface area contributed by atoms with E-state index in [4.69, 9.17) is 10.5 Å². The van der Waals surface area contributed by atoms with Gasteiger partial charge >= 0.3 is 0 Å². The SMILES string of the molecule is CCCOc1ccccc1-n1nnc(CN)c1C1CC1. The van der Waals surface area contributed by atoms with Crippen molar-refractivity contribution < 1.29 is 4.74 Å². The van der Waals surface area contributed by atoms with Crippen molar-refractivity contribution in [2.24, 2.45) is 5.73 Å². The molecule has 2 aromatic rings. The van der Waals surface area contributed by atoms with Crippen LogP contribution in [0.5, 0.6) is 5.75 Å². The number of hydrogen-bond acceptors (Lipinski definition) is 4.